The number of amides is 4. The van der Waals surface area contributed by atoms with Gasteiger partial charge in [-0.2, -0.15) is 0 Å². The van der Waals surface area contributed by atoms with Gasteiger partial charge in [0.2, 0.25) is 17.7 Å². The van der Waals surface area contributed by atoms with Crippen LogP contribution in [0, 0.1) is 17.8 Å². The van der Waals surface area contributed by atoms with Gasteiger partial charge >= 0.3 is 0 Å². The van der Waals surface area contributed by atoms with Crippen molar-refractivity contribution in [3.05, 3.63) is 54.2 Å². The van der Waals surface area contributed by atoms with E-state index in [9.17, 15) is 24.0 Å². The van der Waals surface area contributed by atoms with Gasteiger partial charge in [-0.25, -0.2) is 0 Å². The Hall–Kier alpha value is -3.82. The maximum atomic E-state index is 13.0. The molecule has 174 valence electrons. The Balaban J connectivity index is 1.73. The molecule has 0 saturated carbocycles. The van der Waals surface area contributed by atoms with Gasteiger partial charge in [0.05, 0.1) is 30.7 Å². The molecule has 3 heterocycles. The summed E-state index contributed by atoms with van der Waals surface area (Å²) in [6, 6.07) is 6.34. The molecule has 10 nitrogen and oxygen atoms in total. The van der Waals surface area contributed by atoms with E-state index >= 15 is 0 Å². The van der Waals surface area contributed by atoms with Crippen LogP contribution >= 0.6 is 0 Å². The predicted octanol–water partition coefficient (Wildman–Crippen LogP) is 1.15. The molecule has 3 rings (SSSR count). The molecule has 1 unspecified atom stereocenters. The molecule has 1 aliphatic rings. The zero-order valence-corrected chi connectivity index (χ0v) is 18.5. The first-order valence-electron chi connectivity index (χ1n) is 10.6. The molecule has 4 amide bonds. The third-order valence-electron chi connectivity index (χ3n) is 5.52. The highest BCUT2D eigenvalue weighted by molar-refractivity contribution is 6.16. The average molecular weight is 454 g/mol. The number of rotatable bonds is 9. The van der Waals surface area contributed by atoms with Crippen LogP contribution in [-0.4, -0.2) is 40.4 Å². The van der Waals surface area contributed by atoms with Gasteiger partial charge in [0.1, 0.15) is 17.4 Å². The predicted molar refractivity (Wildman–Crippen MR) is 115 cm³/mol. The normalized spacial score (nSPS) is 19.6. The minimum absolute atomic E-state index is 0.176. The van der Waals surface area contributed by atoms with Gasteiger partial charge in [0, 0.05) is 6.20 Å². The fourth-order valence-electron chi connectivity index (χ4n) is 3.69. The SMILES string of the molecule is CC(C)[C@H](NC(=O)CC(NC(=O)c1ccccn1)c1ccco1)C(=O)[C@@H]1C(=O)NC(=O)[C@H]1C. The molecule has 2 aromatic rings. The summed E-state index contributed by atoms with van der Waals surface area (Å²) < 4.78 is 5.38. The number of nitrogens with zero attached hydrogens (tertiary/aromatic N) is 1. The topological polar surface area (TPSA) is 147 Å². The molecule has 0 aliphatic carbocycles. The van der Waals surface area contributed by atoms with Crippen LogP contribution < -0.4 is 16.0 Å². The third kappa shape index (κ3) is 5.51. The van der Waals surface area contributed by atoms with Crippen LogP contribution in [0.1, 0.15) is 49.5 Å². The molecule has 2 aromatic heterocycles. The molecule has 0 radical (unpaired) electrons. The summed E-state index contributed by atoms with van der Waals surface area (Å²) in [4.78, 5) is 66.4. The molecule has 1 saturated heterocycles. The van der Waals surface area contributed by atoms with E-state index in [-0.39, 0.29) is 18.0 Å². The van der Waals surface area contributed by atoms with Crippen molar-refractivity contribution >= 4 is 29.4 Å². The highest BCUT2D eigenvalue weighted by Gasteiger charge is 2.46. The number of carbonyl (C=O) groups excluding carboxylic acids is 5. The van der Waals surface area contributed by atoms with E-state index < -0.39 is 53.3 Å². The number of hydrogen-bond acceptors (Lipinski definition) is 7. The van der Waals surface area contributed by atoms with Gasteiger partial charge in [-0.1, -0.05) is 26.8 Å². The largest absolute Gasteiger partial charge is 0.467 e. The molecular formula is C23H26N4O6. The molecular weight excluding hydrogens is 428 g/mol. The second-order valence-electron chi connectivity index (χ2n) is 8.27. The van der Waals surface area contributed by atoms with Crippen molar-refractivity contribution in [2.24, 2.45) is 17.8 Å². The van der Waals surface area contributed by atoms with E-state index in [1.54, 1.807) is 38.1 Å². The Morgan fingerprint density at radius 2 is 1.85 bits per heavy atom. The fourth-order valence-corrected chi connectivity index (χ4v) is 3.69. The number of imide groups is 1. The summed E-state index contributed by atoms with van der Waals surface area (Å²) in [6.45, 7) is 4.96. The quantitative estimate of drug-likeness (QED) is 0.380. The third-order valence-corrected chi connectivity index (χ3v) is 5.52. The van der Waals surface area contributed by atoms with Gasteiger partial charge in [-0.05, 0) is 30.2 Å². The van der Waals surface area contributed by atoms with E-state index in [4.69, 9.17) is 4.42 Å². The highest BCUT2D eigenvalue weighted by atomic mass is 16.3. The molecule has 3 N–H and O–H groups in total. The number of carbonyl (C=O) groups is 5. The minimum atomic E-state index is -1.16. The number of Topliss-reactive ketones (excluding diaryl/α,β-unsaturated/α-hetero) is 1. The van der Waals surface area contributed by atoms with Crippen LogP contribution in [0.2, 0.25) is 0 Å². The summed E-state index contributed by atoms with van der Waals surface area (Å²) in [5.41, 5.74) is 0.176. The summed E-state index contributed by atoms with van der Waals surface area (Å²) >= 11 is 0. The van der Waals surface area contributed by atoms with Crippen LogP contribution in [0.4, 0.5) is 0 Å². The lowest BCUT2D eigenvalue weighted by Gasteiger charge is -2.25. The van der Waals surface area contributed by atoms with Crippen molar-refractivity contribution < 1.29 is 28.4 Å². The zero-order chi connectivity index (χ0) is 24.1. The first-order chi connectivity index (χ1) is 15.7. The summed E-state index contributed by atoms with van der Waals surface area (Å²) in [7, 11) is 0. The van der Waals surface area contributed by atoms with Crippen LogP contribution in [0.25, 0.3) is 0 Å². The summed E-state index contributed by atoms with van der Waals surface area (Å²) in [5.74, 6) is -4.65. The van der Waals surface area contributed by atoms with Crippen LogP contribution in [0.5, 0.6) is 0 Å². The number of furan rings is 1. The van der Waals surface area contributed by atoms with Gasteiger partial charge in [0.25, 0.3) is 5.91 Å². The number of aromatic nitrogens is 1. The molecule has 10 heteroatoms. The number of hydrogen-bond donors (Lipinski definition) is 3. The van der Waals surface area contributed by atoms with E-state index in [1.165, 1.54) is 25.5 Å². The lowest BCUT2D eigenvalue weighted by molar-refractivity contribution is -0.137. The Kier molecular flexibility index (Phi) is 7.37. The molecule has 0 bridgehead atoms. The maximum Gasteiger partial charge on any atom is 0.270 e. The van der Waals surface area contributed by atoms with Crippen molar-refractivity contribution in [3.8, 4) is 0 Å². The van der Waals surface area contributed by atoms with E-state index in [0.29, 0.717) is 5.76 Å². The minimum Gasteiger partial charge on any atom is -0.467 e. The lowest BCUT2D eigenvalue weighted by Crippen LogP contribution is -2.49. The molecule has 33 heavy (non-hydrogen) atoms. The van der Waals surface area contributed by atoms with Crippen molar-refractivity contribution in [2.75, 3.05) is 0 Å². The fraction of sp³-hybridized carbons (Fsp3) is 0.391. The zero-order valence-electron chi connectivity index (χ0n) is 18.5. The van der Waals surface area contributed by atoms with Crippen molar-refractivity contribution in [3.63, 3.8) is 0 Å². The van der Waals surface area contributed by atoms with Crippen molar-refractivity contribution in [2.45, 2.75) is 39.3 Å². The lowest BCUT2D eigenvalue weighted by atomic mass is 9.85. The number of nitrogens with one attached hydrogen (secondary N) is 3. The average Bonchev–Trinajstić information content (AvgIpc) is 3.40. The Labute approximate surface area is 190 Å². The molecule has 0 aromatic carbocycles. The van der Waals surface area contributed by atoms with Crippen molar-refractivity contribution in [1.82, 2.24) is 20.9 Å². The summed E-state index contributed by atoms with van der Waals surface area (Å²) in [6.07, 6.45) is 2.69. The number of pyridine rings is 1. The number of ketones is 1. The molecule has 0 spiro atoms. The molecule has 4 atom stereocenters. The van der Waals surface area contributed by atoms with Crippen LogP contribution in [0.15, 0.2) is 47.2 Å². The van der Waals surface area contributed by atoms with E-state index in [1.807, 2.05) is 0 Å². The van der Waals surface area contributed by atoms with Crippen LogP contribution in [0.3, 0.4) is 0 Å². The van der Waals surface area contributed by atoms with Crippen molar-refractivity contribution in [1.29, 1.82) is 0 Å². The highest BCUT2D eigenvalue weighted by Crippen LogP contribution is 2.24. The first kappa shape index (κ1) is 23.8. The maximum absolute atomic E-state index is 13.0. The van der Waals surface area contributed by atoms with Gasteiger partial charge < -0.3 is 15.1 Å². The Morgan fingerprint density at radius 3 is 2.39 bits per heavy atom. The Morgan fingerprint density at radius 1 is 1.09 bits per heavy atom. The standard InChI is InChI=1S/C23H26N4O6/c1-12(2)19(20(29)18-13(3)21(30)27-23(18)32)26-17(28)11-15(16-8-6-10-33-16)25-22(31)14-7-4-5-9-24-14/h4-10,12-13,15,18-19H,11H2,1-3H3,(H,25,31)(H,26,28)(H,27,30,32)/t13-,15?,18+,19-/m0/s1. The molecule has 1 aliphatic heterocycles. The smallest absolute Gasteiger partial charge is 0.270 e. The van der Waals surface area contributed by atoms with Gasteiger partial charge in [-0.3, -0.25) is 34.3 Å². The first-order valence-corrected chi connectivity index (χ1v) is 10.6. The van der Waals surface area contributed by atoms with Gasteiger partial charge in [0.15, 0.2) is 5.78 Å². The second kappa shape index (κ2) is 10.2. The second-order valence-corrected chi connectivity index (χ2v) is 8.27. The summed E-state index contributed by atoms with van der Waals surface area (Å²) in [5, 5.41) is 7.55. The van der Waals surface area contributed by atoms with Gasteiger partial charge in [-0.15, -0.1) is 0 Å². The Bertz CT molecular complexity index is 1030. The van der Waals surface area contributed by atoms with E-state index in [0.717, 1.165) is 0 Å². The monoisotopic (exact) mass is 454 g/mol. The van der Waals surface area contributed by atoms with E-state index in [2.05, 4.69) is 20.9 Å². The molecule has 1 fully saturated rings. The van der Waals surface area contributed by atoms with Crippen LogP contribution in [-0.2, 0) is 19.2 Å².